The van der Waals surface area contributed by atoms with E-state index in [1.807, 2.05) is 27.7 Å². The Kier molecular flexibility index (Phi) is 8.24. The highest BCUT2D eigenvalue weighted by molar-refractivity contribution is 8.28. The fourth-order valence-corrected chi connectivity index (χ4v) is 3.14. The average molecular weight is 248 g/mol. The van der Waals surface area contributed by atoms with Crippen LogP contribution in [0, 0.1) is 11.8 Å². The molecule has 15 heavy (non-hydrogen) atoms. The molecule has 88 valence electrons. The second-order valence-corrected chi connectivity index (χ2v) is 6.78. The molecule has 0 bridgehead atoms. The van der Waals surface area contributed by atoms with E-state index in [0.29, 0.717) is 29.8 Å². The van der Waals surface area contributed by atoms with E-state index in [1.54, 1.807) is 0 Å². The highest BCUT2D eigenvalue weighted by atomic mass is 32.2. The van der Waals surface area contributed by atoms with Gasteiger partial charge in [-0.05, 0) is 11.8 Å². The van der Waals surface area contributed by atoms with Crippen LogP contribution in [0.2, 0.25) is 0 Å². The fraction of sp³-hybridized carbons (Fsp3) is 0.818. The minimum Gasteiger partial charge on any atom is -0.287 e. The predicted octanol–water partition coefficient (Wildman–Crippen LogP) is 3.56. The lowest BCUT2D eigenvalue weighted by atomic mass is 10.2. The molecule has 2 nitrogen and oxygen atoms in total. The fourth-order valence-electron chi connectivity index (χ4n) is 0.945. The monoisotopic (exact) mass is 248 g/mol. The first-order chi connectivity index (χ1) is 6.91. The largest absolute Gasteiger partial charge is 0.287 e. The Bertz CT molecular complexity index is 191. The Morgan fingerprint density at radius 1 is 0.867 bits per heavy atom. The van der Waals surface area contributed by atoms with Crippen molar-refractivity contribution in [3.8, 4) is 0 Å². The molecule has 0 aromatic heterocycles. The third kappa shape index (κ3) is 10.3. The SMILES string of the molecule is CC(C)CC(=O)SCSC(=O)CC(C)C. The van der Waals surface area contributed by atoms with Gasteiger partial charge in [0.25, 0.3) is 0 Å². The molecule has 0 atom stereocenters. The van der Waals surface area contributed by atoms with Gasteiger partial charge in [-0.3, -0.25) is 9.59 Å². The van der Waals surface area contributed by atoms with Crippen LogP contribution in [0.5, 0.6) is 0 Å². The van der Waals surface area contributed by atoms with Gasteiger partial charge in [-0.2, -0.15) is 0 Å². The molecule has 0 heterocycles. The Hall–Kier alpha value is 0.0400. The molecule has 0 saturated carbocycles. The third-order valence-electron chi connectivity index (χ3n) is 1.59. The Morgan fingerprint density at radius 3 is 1.47 bits per heavy atom. The summed E-state index contributed by atoms with van der Waals surface area (Å²) in [4.78, 5) is 22.6. The smallest absolute Gasteiger partial charge is 0.190 e. The first kappa shape index (κ1) is 15.0. The van der Waals surface area contributed by atoms with E-state index in [2.05, 4.69) is 0 Å². The molecule has 0 aliphatic heterocycles. The molecule has 0 unspecified atom stereocenters. The van der Waals surface area contributed by atoms with Crippen LogP contribution in [0.15, 0.2) is 0 Å². The maximum Gasteiger partial charge on any atom is 0.190 e. The normalized spacial score (nSPS) is 11.1. The highest BCUT2D eigenvalue weighted by Crippen LogP contribution is 2.19. The van der Waals surface area contributed by atoms with E-state index in [0.717, 1.165) is 0 Å². The van der Waals surface area contributed by atoms with Crippen LogP contribution in [0.4, 0.5) is 0 Å². The number of hydrogen-bond donors (Lipinski definition) is 0. The van der Waals surface area contributed by atoms with Gasteiger partial charge in [0.05, 0.1) is 5.08 Å². The summed E-state index contributed by atoms with van der Waals surface area (Å²) in [6.45, 7) is 8.09. The van der Waals surface area contributed by atoms with Crippen molar-refractivity contribution in [1.29, 1.82) is 0 Å². The highest BCUT2D eigenvalue weighted by Gasteiger charge is 2.09. The van der Waals surface area contributed by atoms with Crippen molar-refractivity contribution < 1.29 is 9.59 Å². The molecule has 0 amide bonds. The minimum absolute atomic E-state index is 0.190. The Balaban J connectivity index is 3.53. The molecule has 0 saturated heterocycles. The topological polar surface area (TPSA) is 34.1 Å². The number of rotatable bonds is 6. The lowest BCUT2D eigenvalue weighted by molar-refractivity contribution is -0.112. The standard InChI is InChI=1S/C11H20O2S2/c1-8(2)5-10(12)14-7-15-11(13)6-9(3)4/h8-9H,5-7H2,1-4H3. The number of carbonyl (C=O) groups excluding carboxylic acids is 2. The molecule has 0 radical (unpaired) electrons. The third-order valence-corrected chi connectivity index (χ3v) is 3.51. The lowest BCUT2D eigenvalue weighted by Crippen LogP contribution is -2.01. The summed E-state index contributed by atoms with van der Waals surface area (Å²) in [5, 5.41) is 0.946. The summed E-state index contributed by atoms with van der Waals surface area (Å²) in [5.74, 6) is 0.808. The van der Waals surface area contributed by atoms with Crippen LogP contribution in [0.3, 0.4) is 0 Å². The van der Waals surface area contributed by atoms with Gasteiger partial charge in [-0.25, -0.2) is 0 Å². The van der Waals surface area contributed by atoms with Gasteiger partial charge < -0.3 is 0 Å². The van der Waals surface area contributed by atoms with Crippen LogP contribution < -0.4 is 0 Å². The first-order valence-corrected chi connectivity index (χ1v) is 7.20. The second kappa shape index (κ2) is 8.22. The molecule has 0 rings (SSSR count). The van der Waals surface area contributed by atoms with Gasteiger partial charge in [0.1, 0.15) is 0 Å². The molecule has 0 aromatic rings. The van der Waals surface area contributed by atoms with Gasteiger partial charge in [0, 0.05) is 12.8 Å². The number of carbonyl (C=O) groups is 2. The zero-order valence-corrected chi connectivity index (χ0v) is 11.5. The summed E-state index contributed by atoms with van der Waals surface area (Å²) in [7, 11) is 0. The minimum atomic E-state index is 0.190. The summed E-state index contributed by atoms with van der Waals surface area (Å²) in [6, 6.07) is 0. The second-order valence-electron chi connectivity index (χ2n) is 4.35. The molecular formula is C11H20O2S2. The number of thioether (sulfide) groups is 2. The van der Waals surface area contributed by atoms with E-state index in [4.69, 9.17) is 0 Å². The molecule has 0 spiro atoms. The molecule has 0 fully saturated rings. The Labute approximate surface area is 101 Å². The van der Waals surface area contributed by atoms with Crippen LogP contribution in [-0.2, 0) is 9.59 Å². The summed E-state index contributed by atoms with van der Waals surface area (Å²) in [5.41, 5.74) is 0. The molecule has 0 aliphatic rings. The summed E-state index contributed by atoms with van der Waals surface area (Å²) < 4.78 is 0. The summed E-state index contributed by atoms with van der Waals surface area (Å²) >= 11 is 2.53. The van der Waals surface area contributed by atoms with Crippen LogP contribution >= 0.6 is 23.5 Å². The van der Waals surface area contributed by atoms with Gasteiger partial charge in [0.2, 0.25) is 0 Å². The van der Waals surface area contributed by atoms with Crippen molar-refractivity contribution in [3.05, 3.63) is 0 Å². The lowest BCUT2D eigenvalue weighted by Gasteiger charge is -2.04. The van der Waals surface area contributed by atoms with E-state index in [1.165, 1.54) is 23.5 Å². The maximum absolute atomic E-state index is 11.3. The van der Waals surface area contributed by atoms with Crippen LogP contribution in [-0.4, -0.2) is 15.3 Å². The molecule has 0 aromatic carbocycles. The van der Waals surface area contributed by atoms with Crippen LogP contribution in [0.25, 0.3) is 0 Å². The summed E-state index contributed by atoms with van der Waals surface area (Å²) in [6.07, 6.45) is 1.20. The van der Waals surface area contributed by atoms with Gasteiger partial charge in [0.15, 0.2) is 10.2 Å². The van der Waals surface area contributed by atoms with E-state index in [-0.39, 0.29) is 10.2 Å². The van der Waals surface area contributed by atoms with Crippen molar-refractivity contribution in [3.63, 3.8) is 0 Å². The van der Waals surface area contributed by atoms with Crippen molar-refractivity contribution in [1.82, 2.24) is 0 Å². The maximum atomic E-state index is 11.3. The van der Waals surface area contributed by atoms with Gasteiger partial charge in [-0.15, -0.1) is 0 Å². The van der Waals surface area contributed by atoms with Crippen LogP contribution in [0.1, 0.15) is 40.5 Å². The average Bonchev–Trinajstić information content (AvgIpc) is 2.00. The van der Waals surface area contributed by atoms with E-state index < -0.39 is 0 Å². The molecule has 4 heteroatoms. The first-order valence-electron chi connectivity index (χ1n) is 5.23. The zero-order valence-electron chi connectivity index (χ0n) is 9.91. The predicted molar refractivity (Wildman–Crippen MR) is 69.0 cm³/mol. The Morgan fingerprint density at radius 2 is 1.20 bits per heavy atom. The van der Waals surface area contributed by atoms with Gasteiger partial charge in [-0.1, -0.05) is 51.2 Å². The molecule has 0 aliphatic carbocycles. The number of hydrogen-bond acceptors (Lipinski definition) is 4. The quantitative estimate of drug-likeness (QED) is 0.673. The van der Waals surface area contributed by atoms with Crippen molar-refractivity contribution >= 4 is 33.8 Å². The molecule has 0 N–H and O–H groups in total. The zero-order chi connectivity index (χ0) is 11.8. The molecular weight excluding hydrogens is 228 g/mol. The van der Waals surface area contributed by atoms with E-state index >= 15 is 0 Å². The van der Waals surface area contributed by atoms with Crippen molar-refractivity contribution in [2.45, 2.75) is 40.5 Å². The van der Waals surface area contributed by atoms with Gasteiger partial charge >= 0.3 is 0 Å². The van der Waals surface area contributed by atoms with Crippen molar-refractivity contribution in [2.24, 2.45) is 11.8 Å². The van der Waals surface area contributed by atoms with E-state index in [9.17, 15) is 9.59 Å². The van der Waals surface area contributed by atoms with Crippen molar-refractivity contribution in [2.75, 3.05) is 5.08 Å².